The van der Waals surface area contributed by atoms with Crippen molar-refractivity contribution < 1.29 is 14.3 Å². The Morgan fingerprint density at radius 3 is 2.71 bits per heavy atom. The topological polar surface area (TPSA) is 60.5 Å². The number of amides is 1. The lowest BCUT2D eigenvalue weighted by Crippen LogP contribution is -2.14. The molecule has 21 heavy (non-hydrogen) atoms. The van der Waals surface area contributed by atoms with Gasteiger partial charge in [0.2, 0.25) is 5.91 Å². The number of carbonyl (C=O) groups is 1. The number of anilines is 1. The van der Waals surface area contributed by atoms with Crippen LogP contribution in [-0.2, 0) is 17.1 Å². The molecule has 0 unspecified atom stereocenters. The van der Waals surface area contributed by atoms with Crippen molar-refractivity contribution in [1.29, 1.82) is 0 Å². The van der Waals surface area contributed by atoms with E-state index in [1.54, 1.807) is 32.4 Å². The average molecular weight is 327 g/mol. The molecular weight excluding hydrogens is 312 g/mol. The second-order valence-corrected chi connectivity index (χ2v) is 5.37. The molecule has 0 atom stereocenters. The molecule has 0 saturated heterocycles. The maximum absolute atomic E-state index is 12.0. The van der Waals surface area contributed by atoms with E-state index in [0.717, 1.165) is 10.7 Å². The third-order valence-electron chi connectivity index (χ3n) is 2.72. The Balaban J connectivity index is 2.02. The maximum atomic E-state index is 12.0. The molecule has 0 radical (unpaired) electrons. The van der Waals surface area contributed by atoms with Crippen LogP contribution in [0.3, 0.4) is 0 Å². The van der Waals surface area contributed by atoms with Gasteiger partial charge in [0.1, 0.15) is 5.01 Å². The number of methoxy groups -OCH3 is 2. The van der Waals surface area contributed by atoms with Crippen LogP contribution >= 0.6 is 22.9 Å². The molecule has 1 aromatic carbocycles. The molecule has 1 aromatic heterocycles. The monoisotopic (exact) mass is 326 g/mol. The molecule has 1 heterocycles. The first-order valence-corrected chi connectivity index (χ1v) is 7.58. The Hall–Kier alpha value is -1.79. The summed E-state index contributed by atoms with van der Waals surface area (Å²) in [5, 5.41) is 5.40. The smallest absolute Gasteiger partial charge is 0.231 e. The number of nitrogens with zero attached hydrogens (tertiary/aromatic N) is 1. The molecule has 0 aliphatic heterocycles. The number of ether oxygens (including phenoxy) is 2. The molecule has 112 valence electrons. The van der Waals surface area contributed by atoms with E-state index in [2.05, 4.69) is 10.3 Å². The van der Waals surface area contributed by atoms with Crippen LogP contribution in [0.1, 0.15) is 10.7 Å². The molecule has 0 bridgehead atoms. The van der Waals surface area contributed by atoms with Crippen molar-refractivity contribution in [2.45, 2.75) is 12.3 Å². The van der Waals surface area contributed by atoms with Gasteiger partial charge in [0, 0.05) is 17.1 Å². The first-order chi connectivity index (χ1) is 10.2. The fraction of sp³-hybridized carbons (Fsp3) is 0.286. The summed E-state index contributed by atoms with van der Waals surface area (Å²) >= 11 is 7.11. The minimum absolute atomic E-state index is 0.141. The zero-order chi connectivity index (χ0) is 15.2. The fourth-order valence-corrected chi connectivity index (χ4v) is 2.77. The standard InChI is InChI=1S/C14H15ClN2O3S/c1-19-11-4-3-9(5-12(11)20-2)16-13(18)6-14-17-10(7-15)8-21-14/h3-5,8H,6-7H2,1-2H3,(H,16,18). The summed E-state index contributed by atoms with van der Waals surface area (Å²) in [4.78, 5) is 16.2. The SMILES string of the molecule is COc1ccc(NC(=O)Cc2nc(CCl)cs2)cc1OC. The summed E-state index contributed by atoms with van der Waals surface area (Å²) in [6.45, 7) is 0. The first kappa shape index (κ1) is 15.6. The van der Waals surface area contributed by atoms with Gasteiger partial charge >= 0.3 is 0 Å². The van der Waals surface area contributed by atoms with E-state index in [1.165, 1.54) is 11.3 Å². The number of alkyl halides is 1. The molecule has 2 aromatic rings. The summed E-state index contributed by atoms with van der Waals surface area (Å²) in [6, 6.07) is 5.21. The number of benzene rings is 1. The molecule has 7 heteroatoms. The fourth-order valence-electron chi connectivity index (χ4n) is 1.75. The minimum atomic E-state index is -0.141. The summed E-state index contributed by atoms with van der Waals surface area (Å²) in [7, 11) is 3.11. The second kappa shape index (κ2) is 7.28. The molecule has 0 fully saturated rings. The van der Waals surface area contributed by atoms with Gasteiger partial charge in [0.05, 0.1) is 32.2 Å². The molecule has 0 aliphatic carbocycles. The average Bonchev–Trinajstić information content (AvgIpc) is 2.94. The summed E-state index contributed by atoms with van der Waals surface area (Å²) in [5.74, 6) is 1.39. The Kier molecular flexibility index (Phi) is 5.41. The van der Waals surface area contributed by atoms with Gasteiger partial charge in [-0.15, -0.1) is 22.9 Å². The number of thiazole rings is 1. The van der Waals surface area contributed by atoms with Gasteiger partial charge in [-0.2, -0.15) is 0 Å². The van der Waals surface area contributed by atoms with Gasteiger partial charge in [-0.1, -0.05) is 0 Å². The lowest BCUT2D eigenvalue weighted by Gasteiger charge is -2.10. The van der Waals surface area contributed by atoms with Gasteiger partial charge in [-0.3, -0.25) is 4.79 Å². The Bertz CT molecular complexity index is 630. The predicted octanol–water partition coefficient (Wildman–Crippen LogP) is 3.08. The lowest BCUT2D eigenvalue weighted by molar-refractivity contribution is -0.115. The Morgan fingerprint density at radius 1 is 1.33 bits per heavy atom. The van der Waals surface area contributed by atoms with E-state index in [1.807, 2.05) is 5.38 Å². The van der Waals surface area contributed by atoms with E-state index >= 15 is 0 Å². The molecular formula is C14H15ClN2O3S. The molecule has 5 nitrogen and oxygen atoms in total. The Morgan fingerprint density at radius 2 is 2.10 bits per heavy atom. The van der Waals surface area contributed by atoms with Crippen LogP contribution in [-0.4, -0.2) is 25.1 Å². The first-order valence-electron chi connectivity index (χ1n) is 6.17. The largest absolute Gasteiger partial charge is 0.493 e. The van der Waals surface area contributed by atoms with Crippen molar-refractivity contribution in [2.24, 2.45) is 0 Å². The third kappa shape index (κ3) is 4.09. The van der Waals surface area contributed by atoms with E-state index in [9.17, 15) is 4.79 Å². The molecule has 0 saturated carbocycles. The van der Waals surface area contributed by atoms with Crippen molar-refractivity contribution in [3.8, 4) is 11.5 Å². The van der Waals surface area contributed by atoms with Crippen molar-refractivity contribution in [2.75, 3.05) is 19.5 Å². The van der Waals surface area contributed by atoms with Crippen LogP contribution in [0.4, 0.5) is 5.69 Å². The van der Waals surface area contributed by atoms with Crippen LogP contribution in [0.15, 0.2) is 23.6 Å². The number of rotatable bonds is 6. The number of hydrogen-bond acceptors (Lipinski definition) is 5. The number of aromatic nitrogens is 1. The summed E-state index contributed by atoms with van der Waals surface area (Å²) in [5.41, 5.74) is 1.43. The summed E-state index contributed by atoms with van der Waals surface area (Å²) in [6.07, 6.45) is 0.218. The quantitative estimate of drug-likeness (QED) is 0.829. The van der Waals surface area contributed by atoms with E-state index in [-0.39, 0.29) is 12.3 Å². The number of halogens is 1. The van der Waals surface area contributed by atoms with Gasteiger partial charge in [-0.25, -0.2) is 4.98 Å². The van der Waals surface area contributed by atoms with Crippen LogP contribution in [0, 0.1) is 0 Å². The van der Waals surface area contributed by atoms with Gasteiger partial charge in [0.15, 0.2) is 11.5 Å². The highest BCUT2D eigenvalue weighted by molar-refractivity contribution is 7.09. The second-order valence-electron chi connectivity index (χ2n) is 4.16. The van der Waals surface area contributed by atoms with Gasteiger partial charge < -0.3 is 14.8 Å². The van der Waals surface area contributed by atoms with E-state index in [4.69, 9.17) is 21.1 Å². The predicted molar refractivity (Wildman–Crippen MR) is 83.6 cm³/mol. The van der Waals surface area contributed by atoms with Crippen molar-refractivity contribution in [3.63, 3.8) is 0 Å². The highest BCUT2D eigenvalue weighted by Gasteiger charge is 2.10. The van der Waals surface area contributed by atoms with E-state index in [0.29, 0.717) is 23.1 Å². The van der Waals surface area contributed by atoms with Crippen molar-refractivity contribution in [1.82, 2.24) is 4.98 Å². The molecule has 1 N–H and O–H groups in total. The lowest BCUT2D eigenvalue weighted by atomic mass is 10.2. The highest BCUT2D eigenvalue weighted by atomic mass is 35.5. The number of nitrogens with one attached hydrogen (secondary N) is 1. The van der Waals surface area contributed by atoms with E-state index < -0.39 is 0 Å². The maximum Gasteiger partial charge on any atom is 0.231 e. The highest BCUT2D eigenvalue weighted by Crippen LogP contribution is 2.29. The molecule has 1 amide bonds. The normalized spacial score (nSPS) is 10.2. The van der Waals surface area contributed by atoms with Gasteiger partial charge in [0.25, 0.3) is 0 Å². The zero-order valence-corrected chi connectivity index (χ0v) is 13.3. The molecule has 0 aliphatic rings. The number of hydrogen-bond donors (Lipinski definition) is 1. The summed E-state index contributed by atoms with van der Waals surface area (Å²) < 4.78 is 10.3. The zero-order valence-electron chi connectivity index (χ0n) is 11.7. The van der Waals surface area contributed by atoms with Crippen LogP contribution in [0.25, 0.3) is 0 Å². The third-order valence-corrected chi connectivity index (χ3v) is 3.89. The van der Waals surface area contributed by atoms with Crippen LogP contribution < -0.4 is 14.8 Å². The molecule has 0 spiro atoms. The Labute approximate surface area is 131 Å². The molecule has 2 rings (SSSR count). The minimum Gasteiger partial charge on any atom is -0.493 e. The van der Waals surface area contributed by atoms with Gasteiger partial charge in [-0.05, 0) is 12.1 Å². The van der Waals surface area contributed by atoms with Crippen LogP contribution in [0.5, 0.6) is 11.5 Å². The van der Waals surface area contributed by atoms with Crippen molar-refractivity contribution >= 4 is 34.5 Å². The van der Waals surface area contributed by atoms with Crippen LogP contribution in [0.2, 0.25) is 0 Å². The number of carbonyl (C=O) groups excluding carboxylic acids is 1. The van der Waals surface area contributed by atoms with Crippen molar-refractivity contribution in [3.05, 3.63) is 34.3 Å².